The number of carboxylic acids is 1. The molecular weight excluding hydrogens is 274 g/mol. The molecule has 7 heteroatoms. The fraction of sp³-hybridized carbons (Fsp3) is 0.786. The third-order valence-electron chi connectivity index (χ3n) is 4.38. The molecule has 1 heterocycles. The normalized spacial score (nSPS) is 27.3. The fourth-order valence-corrected chi connectivity index (χ4v) is 3.42. The zero-order chi connectivity index (χ0) is 15.4. The number of urea groups is 1. The number of amides is 3. The quantitative estimate of drug-likeness (QED) is 0.684. The van der Waals surface area contributed by atoms with Crippen LogP contribution in [0.15, 0.2) is 0 Å². The van der Waals surface area contributed by atoms with E-state index in [4.69, 9.17) is 0 Å². The van der Waals surface area contributed by atoms with E-state index in [9.17, 15) is 19.5 Å². The van der Waals surface area contributed by atoms with Gasteiger partial charge in [-0.3, -0.25) is 4.79 Å². The SMILES string of the molecule is CCCNC(=O)CNC(=O)N1CC2CCCC2C1C(=O)O. The lowest BCUT2D eigenvalue weighted by Gasteiger charge is -2.24. The molecule has 7 nitrogen and oxygen atoms in total. The van der Waals surface area contributed by atoms with Gasteiger partial charge < -0.3 is 20.6 Å². The van der Waals surface area contributed by atoms with Gasteiger partial charge in [0.05, 0.1) is 6.54 Å². The summed E-state index contributed by atoms with van der Waals surface area (Å²) in [6.45, 7) is 2.88. The Bertz CT molecular complexity index is 426. The molecule has 3 amide bonds. The van der Waals surface area contributed by atoms with E-state index >= 15 is 0 Å². The Morgan fingerprint density at radius 3 is 2.67 bits per heavy atom. The second kappa shape index (κ2) is 6.78. The molecule has 0 aromatic rings. The average molecular weight is 297 g/mol. The highest BCUT2D eigenvalue weighted by molar-refractivity contribution is 5.87. The first-order chi connectivity index (χ1) is 10.0. The molecule has 0 bridgehead atoms. The lowest BCUT2D eigenvalue weighted by atomic mass is 9.94. The Kier molecular flexibility index (Phi) is 5.03. The number of likely N-dealkylation sites (tertiary alicyclic amines) is 1. The van der Waals surface area contributed by atoms with Crippen LogP contribution in [0, 0.1) is 11.8 Å². The zero-order valence-electron chi connectivity index (χ0n) is 12.3. The van der Waals surface area contributed by atoms with Crippen molar-refractivity contribution in [2.45, 2.75) is 38.6 Å². The summed E-state index contributed by atoms with van der Waals surface area (Å²) < 4.78 is 0. The number of nitrogens with zero attached hydrogens (tertiary/aromatic N) is 1. The third-order valence-corrected chi connectivity index (χ3v) is 4.38. The minimum absolute atomic E-state index is 0.0576. The summed E-state index contributed by atoms with van der Waals surface area (Å²) in [7, 11) is 0. The molecule has 3 N–H and O–H groups in total. The Balaban J connectivity index is 1.89. The maximum atomic E-state index is 12.1. The Morgan fingerprint density at radius 1 is 1.24 bits per heavy atom. The van der Waals surface area contributed by atoms with Crippen LogP contribution in [-0.2, 0) is 9.59 Å². The topological polar surface area (TPSA) is 98.7 Å². The van der Waals surface area contributed by atoms with Crippen LogP contribution in [0.25, 0.3) is 0 Å². The van der Waals surface area contributed by atoms with E-state index in [1.54, 1.807) is 0 Å². The maximum absolute atomic E-state index is 12.1. The van der Waals surface area contributed by atoms with Crippen molar-refractivity contribution < 1.29 is 19.5 Å². The summed E-state index contributed by atoms with van der Waals surface area (Å²) >= 11 is 0. The molecule has 3 atom stereocenters. The minimum Gasteiger partial charge on any atom is -0.480 e. The summed E-state index contributed by atoms with van der Waals surface area (Å²) in [5.41, 5.74) is 0. The average Bonchev–Trinajstić information content (AvgIpc) is 3.01. The number of fused-ring (bicyclic) bond motifs is 1. The van der Waals surface area contributed by atoms with Gasteiger partial charge in [-0.2, -0.15) is 0 Å². The van der Waals surface area contributed by atoms with Crippen molar-refractivity contribution in [3.8, 4) is 0 Å². The maximum Gasteiger partial charge on any atom is 0.326 e. The van der Waals surface area contributed by atoms with Gasteiger partial charge in [0.1, 0.15) is 6.04 Å². The molecule has 2 rings (SSSR count). The van der Waals surface area contributed by atoms with E-state index in [0.717, 1.165) is 25.7 Å². The van der Waals surface area contributed by atoms with Crippen LogP contribution in [0.5, 0.6) is 0 Å². The van der Waals surface area contributed by atoms with Gasteiger partial charge in [-0.25, -0.2) is 9.59 Å². The third kappa shape index (κ3) is 3.46. The van der Waals surface area contributed by atoms with Gasteiger partial charge in [-0.1, -0.05) is 13.3 Å². The van der Waals surface area contributed by atoms with Crippen molar-refractivity contribution in [1.82, 2.24) is 15.5 Å². The monoisotopic (exact) mass is 297 g/mol. The molecule has 2 fully saturated rings. The molecular formula is C14H23N3O4. The van der Waals surface area contributed by atoms with Gasteiger partial charge in [0.2, 0.25) is 5.91 Å². The van der Waals surface area contributed by atoms with Gasteiger partial charge in [-0.15, -0.1) is 0 Å². The summed E-state index contributed by atoms with van der Waals surface area (Å²) in [6.07, 6.45) is 3.71. The highest BCUT2D eigenvalue weighted by atomic mass is 16.4. The van der Waals surface area contributed by atoms with E-state index in [0.29, 0.717) is 13.1 Å². The predicted molar refractivity (Wildman–Crippen MR) is 75.7 cm³/mol. The highest BCUT2D eigenvalue weighted by Gasteiger charge is 2.49. The van der Waals surface area contributed by atoms with Crippen LogP contribution < -0.4 is 10.6 Å². The van der Waals surface area contributed by atoms with Crippen molar-refractivity contribution in [3.05, 3.63) is 0 Å². The lowest BCUT2D eigenvalue weighted by Crippen LogP contribution is -2.50. The standard InChI is InChI=1S/C14H23N3O4/c1-2-6-15-11(18)7-16-14(21)17-8-9-4-3-5-10(9)12(17)13(19)20/h9-10,12H,2-8H2,1H3,(H,15,18)(H,16,21)(H,19,20). The van der Waals surface area contributed by atoms with Crippen molar-refractivity contribution in [3.63, 3.8) is 0 Å². The molecule has 118 valence electrons. The number of carbonyl (C=O) groups excluding carboxylic acids is 2. The molecule has 0 spiro atoms. The first-order valence-electron chi connectivity index (χ1n) is 7.58. The van der Waals surface area contributed by atoms with E-state index < -0.39 is 18.0 Å². The fourth-order valence-electron chi connectivity index (χ4n) is 3.42. The number of hydrogen-bond acceptors (Lipinski definition) is 3. The van der Waals surface area contributed by atoms with Crippen LogP contribution in [-0.4, -0.2) is 53.6 Å². The van der Waals surface area contributed by atoms with E-state index in [1.807, 2.05) is 6.92 Å². The number of rotatable bonds is 5. The highest BCUT2D eigenvalue weighted by Crippen LogP contribution is 2.42. The number of carboxylic acid groups (broad SMARTS) is 1. The predicted octanol–water partition coefficient (Wildman–Crippen LogP) is 0.407. The Morgan fingerprint density at radius 2 is 2.00 bits per heavy atom. The van der Waals surface area contributed by atoms with Crippen LogP contribution in [0.2, 0.25) is 0 Å². The summed E-state index contributed by atoms with van der Waals surface area (Å²) in [6, 6.07) is -1.21. The first kappa shape index (κ1) is 15.6. The summed E-state index contributed by atoms with van der Waals surface area (Å²) in [5.74, 6) is -0.862. The second-order valence-electron chi connectivity index (χ2n) is 5.80. The van der Waals surface area contributed by atoms with E-state index in [-0.39, 0.29) is 24.3 Å². The van der Waals surface area contributed by atoms with Crippen molar-refractivity contribution in [2.24, 2.45) is 11.8 Å². The minimum atomic E-state index is -0.949. The molecule has 1 aliphatic carbocycles. The molecule has 0 aromatic carbocycles. The summed E-state index contributed by atoms with van der Waals surface area (Å²) in [4.78, 5) is 36.4. The molecule has 3 unspecified atom stereocenters. The molecule has 0 aromatic heterocycles. The number of carbonyl (C=O) groups is 3. The number of aliphatic carboxylic acids is 1. The van der Waals surface area contributed by atoms with E-state index in [1.165, 1.54) is 4.90 Å². The second-order valence-corrected chi connectivity index (χ2v) is 5.80. The molecule has 1 saturated heterocycles. The Labute approximate surface area is 124 Å². The van der Waals surface area contributed by atoms with Crippen molar-refractivity contribution >= 4 is 17.9 Å². The molecule has 1 saturated carbocycles. The summed E-state index contributed by atoms with van der Waals surface area (Å²) in [5, 5.41) is 14.6. The van der Waals surface area contributed by atoms with Crippen LogP contribution in [0.1, 0.15) is 32.6 Å². The molecule has 21 heavy (non-hydrogen) atoms. The lowest BCUT2D eigenvalue weighted by molar-refractivity contribution is -0.142. The van der Waals surface area contributed by atoms with Crippen LogP contribution >= 0.6 is 0 Å². The largest absolute Gasteiger partial charge is 0.480 e. The first-order valence-corrected chi connectivity index (χ1v) is 7.58. The number of hydrogen-bond donors (Lipinski definition) is 3. The van der Waals surface area contributed by atoms with E-state index in [2.05, 4.69) is 10.6 Å². The Hall–Kier alpha value is -1.79. The number of nitrogens with one attached hydrogen (secondary N) is 2. The van der Waals surface area contributed by atoms with Gasteiger partial charge in [0, 0.05) is 13.1 Å². The van der Waals surface area contributed by atoms with Gasteiger partial charge in [0.25, 0.3) is 0 Å². The van der Waals surface area contributed by atoms with Crippen LogP contribution in [0.4, 0.5) is 4.79 Å². The molecule has 2 aliphatic rings. The van der Waals surface area contributed by atoms with Crippen molar-refractivity contribution in [1.29, 1.82) is 0 Å². The molecule has 1 aliphatic heterocycles. The van der Waals surface area contributed by atoms with Crippen LogP contribution in [0.3, 0.4) is 0 Å². The van der Waals surface area contributed by atoms with Gasteiger partial charge in [-0.05, 0) is 31.1 Å². The van der Waals surface area contributed by atoms with Crippen molar-refractivity contribution in [2.75, 3.05) is 19.6 Å². The zero-order valence-corrected chi connectivity index (χ0v) is 12.3. The van der Waals surface area contributed by atoms with Gasteiger partial charge in [0.15, 0.2) is 0 Å². The molecule has 0 radical (unpaired) electrons. The smallest absolute Gasteiger partial charge is 0.326 e. The van der Waals surface area contributed by atoms with Gasteiger partial charge >= 0.3 is 12.0 Å².